The van der Waals surface area contributed by atoms with Crippen LogP contribution in [0.2, 0.25) is 5.02 Å². The predicted molar refractivity (Wildman–Crippen MR) is 82.8 cm³/mol. The van der Waals surface area contributed by atoms with Gasteiger partial charge in [-0.05, 0) is 23.8 Å². The van der Waals surface area contributed by atoms with E-state index in [4.69, 9.17) is 16.3 Å². The highest BCUT2D eigenvalue weighted by molar-refractivity contribution is 7.89. The van der Waals surface area contributed by atoms with Crippen LogP contribution in [0.25, 0.3) is 0 Å². The lowest BCUT2D eigenvalue weighted by atomic mass is 10.2. The fourth-order valence-corrected chi connectivity index (χ4v) is 2.91. The van der Waals surface area contributed by atoms with Gasteiger partial charge in [-0.15, -0.1) is 0 Å². The summed E-state index contributed by atoms with van der Waals surface area (Å²) >= 11 is 5.54. The van der Waals surface area contributed by atoms with Crippen molar-refractivity contribution in [3.8, 4) is 0 Å². The maximum Gasteiger partial charge on any atom is 0.321 e. The first-order valence-electron chi connectivity index (χ1n) is 6.53. The van der Waals surface area contributed by atoms with E-state index in [0.29, 0.717) is 0 Å². The second kappa shape index (κ2) is 7.54. The second-order valence-corrected chi connectivity index (χ2v) is 6.72. The normalized spacial score (nSPS) is 11.2. The number of rotatable bonds is 6. The number of hydrogen-bond donors (Lipinski definition) is 1. The minimum absolute atomic E-state index is 0.0454. The molecular weight excluding hydrogens is 345 g/mol. The summed E-state index contributed by atoms with van der Waals surface area (Å²) in [7, 11) is -3.98. The van der Waals surface area contributed by atoms with Crippen LogP contribution in [0.4, 0.5) is 4.39 Å². The van der Waals surface area contributed by atoms with E-state index in [1.807, 2.05) is 6.07 Å². The lowest BCUT2D eigenvalue weighted by Crippen LogP contribution is -2.30. The minimum Gasteiger partial charge on any atom is -0.460 e. The van der Waals surface area contributed by atoms with Crippen molar-refractivity contribution in [3.05, 3.63) is 64.9 Å². The van der Waals surface area contributed by atoms with Crippen LogP contribution in [0.5, 0.6) is 0 Å². The number of benzene rings is 2. The van der Waals surface area contributed by atoms with Gasteiger partial charge in [0.25, 0.3) is 0 Å². The van der Waals surface area contributed by atoms with Crippen molar-refractivity contribution in [2.24, 2.45) is 0 Å². The van der Waals surface area contributed by atoms with Gasteiger partial charge in [0.15, 0.2) is 0 Å². The predicted octanol–water partition coefficient (Wildman–Crippen LogP) is 2.50. The SMILES string of the molecule is O=C(CNS(=O)(=O)c1ccc(F)c(Cl)c1)OCc1ccccc1. The third-order valence-corrected chi connectivity index (χ3v) is 4.54. The molecule has 0 fully saturated rings. The molecule has 0 saturated carbocycles. The highest BCUT2D eigenvalue weighted by Gasteiger charge is 2.17. The summed E-state index contributed by atoms with van der Waals surface area (Å²) in [6.45, 7) is -0.492. The molecule has 0 aliphatic rings. The van der Waals surface area contributed by atoms with Gasteiger partial charge in [-0.3, -0.25) is 4.79 Å². The molecule has 0 atom stereocenters. The van der Waals surface area contributed by atoms with E-state index in [-0.39, 0.29) is 16.5 Å². The summed E-state index contributed by atoms with van der Waals surface area (Å²) in [6.07, 6.45) is 0. The van der Waals surface area contributed by atoms with Crippen LogP contribution >= 0.6 is 11.6 Å². The quantitative estimate of drug-likeness (QED) is 0.806. The largest absolute Gasteiger partial charge is 0.460 e. The molecule has 0 radical (unpaired) electrons. The van der Waals surface area contributed by atoms with Gasteiger partial charge in [0.1, 0.15) is 19.0 Å². The van der Waals surface area contributed by atoms with Gasteiger partial charge < -0.3 is 4.74 Å². The Balaban J connectivity index is 1.91. The van der Waals surface area contributed by atoms with Gasteiger partial charge in [-0.25, -0.2) is 12.8 Å². The van der Waals surface area contributed by atoms with E-state index in [1.165, 1.54) is 0 Å². The number of sulfonamides is 1. The number of hydrogen-bond acceptors (Lipinski definition) is 4. The van der Waals surface area contributed by atoms with E-state index in [0.717, 1.165) is 23.8 Å². The number of halogens is 2. The van der Waals surface area contributed by atoms with Crippen molar-refractivity contribution in [2.45, 2.75) is 11.5 Å². The van der Waals surface area contributed by atoms with Crippen molar-refractivity contribution in [1.82, 2.24) is 4.72 Å². The van der Waals surface area contributed by atoms with Crippen molar-refractivity contribution in [2.75, 3.05) is 6.54 Å². The Morgan fingerprint density at radius 3 is 2.52 bits per heavy atom. The molecule has 0 aliphatic carbocycles. The fourth-order valence-electron chi connectivity index (χ4n) is 1.67. The molecule has 0 bridgehead atoms. The van der Waals surface area contributed by atoms with Crippen LogP contribution in [0, 0.1) is 5.82 Å². The van der Waals surface area contributed by atoms with Crippen molar-refractivity contribution in [3.63, 3.8) is 0 Å². The van der Waals surface area contributed by atoms with E-state index < -0.39 is 28.4 Å². The maximum absolute atomic E-state index is 13.0. The van der Waals surface area contributed by atoms with Gasteiger partial charge >= 0.3 is 5.97 Å². The molecule has 0 amide bonds. The molecule has 8 heteroatoms. The van der Waals surface area contributed by atoms with E-state index in [2.05, 4.69) is 4.72 Å². The molecule has 1 N–H and O–H groups in total. The molecule has 122 valence electrons. The van der Waals surface area contributed by atoms with Gasteiger partial charge in [0.05, 0.1) is 9.92 Å². The Bertz CT molecular complexity index is 796. The molecule has 2 aromatic carbocycles. The molecule has 23 heavy (non-hydrogen) atoms. The summed E-state index contributed by atoms with van der Waals surface area (Å²) < 4.78 is 44.0. The molecule has 2 aromatic rings. The van der Waals surface area contributed by atoms with E-state index in [9.17, 15) is 17.6 Å². The van der Waals surface area contributed by atoms with E-state index in [1.54, 1.807) is 24.3 Å². The van der Waals surface area contributed by atoms with Crippen LogP contribution in [0.1, 0.15) is 5.56 Å². The standard InChI is InChI=1S/C15H13ClFNO4S/c16-13-8-12(6-7-14(13)17)23(20,21)18-9-15(19)22-10-11-4-2-1-3-5-11/h1-8,18H,9-10H2. The Kier molecular flexibility index (Phi) is 5.70. The molecule has 0 aliphatic heterocycles. The van der Waals surface area contributed by atoms with E-state index >= 15 is 0 Å². The third-order valence-electron chi connectivity index (χ3n) is 2.85. The molecular formula is C15H13ClFNO4S. The first-order valence-corrected chi connectivity index (χ1v) is 8.39. The Morgan fingerprint density at radius 1 is 1.17 bits per heavy atom. The maximum atomic E-state index is 13.0. The number of carbonyl (C=O) groups excluding carboxylic acids is 1. The average Bonchev–Trinajstić information content (AvgIpc) is 2.54. The van der Waals surface area contributed by atoms with Crippen LogP contribution in [0.3, 0.4) is 0 Å². The molecule has 0 heterocycles. The van der Waals surface area contributed by atoms with Crippen LogP contribution in [0.15, 0.2) is 53.4 Å². The van der Waals surface area contributed by atoms with Gasteiger partial charge in [0.2, 0.25) is 10.0 Å². The number of ether oxygens (including phenoxy) is 1. The minimum atomic E-state index is -3.98. The van der Waals surface area contributed by atoms with Crippen LogP contribution in [-0.4, -0.2) is 20.9 Å². The first-order chi connectivity index (χ1) is 10.9. The highest BCUT2D eigenvalue weighted by Crippen LogP contribution is 2.19. The van der Waals surface area contributed by atoms with Crippen LogP contribution < -0.4 is 4.72 Å². The molecule has 2 rings (SSSR count). The summed E-state index contributed by atoms with van der Waals surface area (Å²) in [4.78, 5) is 11.3. The summed E-state index contributed by atoms with van der Waals surface area (Å²) in [6, 6.07) is 11.9. The zero-order valence-electron chi connectivity index (χ0n) is 11.8. The second-order valence-electron chi connectivity index (χ2n) is 4.55. The highest BCUT2D eigenvalue weighted by atomic mass is 35.5. The molecule has 5 nitrogen and oxygen atoms in total. The zero-order chi connectivity index (χ0) is 16.9. The Labute approximate surface area is 138 Å². The third kappa shape index (κ3) is 5.02. The number of esters is 1. The van der Waals surface area contributed by atoms with Crippen molar-refractivity contribution in [1.29, 1.82) is 0 Å². The Hall–Kier alpha value is -1.96. The molecule has 0 unspecified atom stereocenters. The Morgan fingerprint density at radius 2 is 1.87 bits per heavy atom. The topological polar surface area (TPSA) is 72.5 Å². The van der Waals surface area contributed by atoms with Crippen molar-refractivity contribution < 1.29 is 22.3 Å². The van der Waals surface area contributed by atoms with Gasteiger partial charge in [-0.2, -0.15) is 4.72 Å². The number of carbonyl (C=O) groups is 1. The molecule has 0 saturated heterocycles. The molecule has 0 aromatic heterocycles. The fraction of sp³-hybridized carbons (Fsp3) is 0.133. The van der Waals surface area contributed by atoms with Crippen molar-refractivity contribution >= 4 is 27.6 Å². The van der Waals surface area contributed by atoms with Gasteiger partial charge in [0, 0.05) is 0 Å². The first kappa shape index (κ1) is 17.4. The van der Waals surface area contributed by atoms with Gasteiger partial charge in [-0.1, -0.05) is 41.9 Å². The summed E-state index contributed by atoms with van der Waals surface area (Å²) in [5, 5.41) is -0.320. The summed E-state index contributed by atoms with van der Waals surface area (Å²) in [5.74, 6) is -1.46. The lowest BCUT2D eigenvalue weighted by molar-refractivity contribution is -0.143. The zero-order valence-corrected chi connectivity index (χ0v) is 13.4. The smallest absolute Gasteiger partial charge is 0.321 e. The lowest BCUT2D eigenvalue weighted by Gasteiger charge is -2.08. The average molecular weight is 358 g/mol. The van der Waals surface area contributed by atoms with Crippen LogP contribution in [-0.2, 0) is 26.2 Å². The number of nitrogens with one attached hydrogen (secondary N) is 1. The summed E-state index contributed by atoms with van der Waals surface area (Å²) in [5.41, 5.74) is 0.786. The molecule has 0 spiro atoms. The monoisotopic (exact) mass is 357 g/mol.